The van der Waals surface area contributed by atoms with E-state index in [2.05, 4.69) is 4.98 Å². The predicted molar refractivity (Wildman–Crippen MR) is 59.5 cm³/mol. The van der Waals surface area contributed by atoms with E-state index in [0.29, 0.717) is 5.56 Å². The van der Waals surface area contributed by atoms with Crippen molar-refractivity contribution in [2.24, 2.45) is 5.73 Å². The van der Waals surface area contributed by atoms with Crippen LogP contribution in [0.4, 0.5) is 0 Å². The molecule has 4 heteroatoms. The molecule has 0 aliphatic heterocycles. The van der Waals surface area contributed by atoms with Crippen LogP contribution in [0.3, 0.4) is 0 Å². The molecule has 0 radical (unpaired) electrons. The van der Waals surface area contributed by atoms with E-state index in [4.69, 9.17) is 17.3 Å². The number of aromatic nitrogens is 1. The molecule has 1 amide bonds. The fourth-order valence-corrected chi connectivity index (χ4v) is 1.66. The van der Waals surface area contributed by atoms with Gasteiger partial charge in [0.15, 0.2) is 0 Å². The molecule has 0 aliphatic rings. The summed E-state index contributed by atoms with van der Waals surface area (Å²) in [5, 5.41) is 0.116. The maximum Gasteiger partial charge on any atom is 0.240 e. The topological polar surface area (TPSA) is 56.0 Å². The molecule has 1 unspecified atom stereocenters. The van der Waals surface area contributed by atoms with Crippen molar-refractivity contribution in [3.8, 4) is 0 Å². The third kappa shape index (κ3) is 1.78. The van der Waals surface area contributed by atoms with Crippen LogP contribution in [0.2, 0.25) is 0 Å². The van der Waals surface area contributed by atoms with Gasteiger partial charge in [-0.15, -0.1) is 11.6 Å². The number of carbonyl (C=O) groups excluding carboxylic acids is 1. The van der Waals surface area contributed by atoms with Crippen LogP contribution >= 0.6 is 11.6 Å². The second-order valence-electron chi connectivity index (χ2n) is 3.19. The van der Waals surface area contributed by atoms with E-state index in [1.165, 1.54) is 0 Å². The van der Waals surface area contributed by atoms with Gasteiger partial charge in [0.25, 0.3) is 0 Å². The minimum atomic E-state index is -0.830. The summed E-state index contributed by atoms with van der Waals surface area (Å²) in [7, 11) is 0. The maximum atomic E-state index is 11.0. The van der Waals surface area contributed by atoms with Gasteiger partial charge in [-0.3, -0.25) is 9.78 Å². The number of pyridine rings is 1. The summed E-state index contributed by atoms with van der Waals surface area (Å²) < 4.78 is 0. The van der Waals surface area contributed by atoms with Crippen LogP contribution in [0.1, 0.15) is 10.9 Å². The van der Waals surface area contributed by atoms with Gasteiger partial charge in [-0.25, -0.2) is 0 Å². The van der Waals surface area contributed by atoms with E-state index in [9.17, 15) is 4.79 Å². The largest absolute Gasteiger partial charge is 0.368 e. The highest BCUT2D eigenvalue weighted by Gasteiger charge is 2.17. The van der Waals surface area contributed by atoms with Gasteiger partial charge in [0, 0.05) is 17.1 Å². The van der Waals surface area contributed by atoms with E-state index < -0.39 is 11.3 Å². The van der Waals surface area contributed by atoms with Gasteiger partial charge >= 0.3 is 0 Å². The predicted octanol–water partition coefficient (Wildman–Crippen LogP) is 2.00. The van der Waals surface area contributed by atoms with Crippen LogP contribution in [0.5, 0.6) is 0 Å². The Balaban J connectivity index is 2.65. The van der Waals surface area contributed by atoms with Crippen LogP contribution < -0.4 is 5.73 Å². The number of fused-ring (bicyclic) bond motifs is 1. The molecule has 2 rings (SSSR count). The number of para-hydroxylation sites is 1. The number of alkyl halides is 1. The Morgan fingerprint density at radius 1 is 1.33 bits per heavy atom. The molecule has 0 saturated heterocycles. The molecule has 2 N–H and O–H groups in total. The van der Waals surface area contributed by atoms with Gasteiger partial charge in [0.1, 0.15) is 5.38 Å². The Bertz CT molecular complexity index is 507. The Hall–Kier alpha value is -1.61. The minimum Gasteiger partial charge on any atom is -0.368 e. The highest BCUT2D eigenvalue weighted by Crippen LogP contribution is 2.26. The van der Waals surface area contributed by atoms with E-state index >= 15 is 0 Å². The van der Waals surface area contributed by atoms with Crippen molar-refractivity contribution >= 4 is 28.4 Å². The summed E-state index contributed by atoms with van der Waals surface area (Å²) in [4.78, 5) is 15.2. The summed E-state index contributed by atoms with van der Waals surface area (Å²) >= 11 is 5.91. The lowest BCUT2D eigenvalue weighted by Gasteiger charge is -2.08. The number of hydrogen-bond donors (Lipinski definition) is 1. The molecule has 1 aromatic heterocycles. The zero-order valence-electron chi connectivity index (χ0n) is 7.85. The summed E-state index contributed by atoms with van der Waals surface area (Å²) in [6.45, 7) is 0. The number of carbonyl (C=O) groups is 1. The lowest BCUT2D eigenvalue weighted by molar-refractivity contribution is -0.117. The van der Waals surface area contributed by atoms with Gasteiger partial charge in [-0.1, -0.05) is 24.3 Å². The number of benzene rings is 1. The Morgan fingerprint density at radius 3 is 2.80 bits per heavy atom. The average Bonchev–Trinajstić information content (AvgIpc) is 2.27. The number of halogens is 1. The number of primary amides is 1. The first-order chi connectivity index (χ1) is 7.20. The van der Waals surface area contributed by atoms with Crippen LogP contribution in [-0.2, 0) is 4.79 Å². The van der Waals surface area contributed by atoms with Crippen molar-refractivity contribution in [1.29, 1.82) is 0 Å². The summed E-state index contributed by atoms with van der Waals surface area (Å²) in [6, 6.07) is 9.25. The van der Waals surface area contributed by atoms with Gasteiger partial charge in [0.2, 0.25) is 5.91 Å². The second-order valence-corrected chi connectivity index (χ2v) is 3.62. The van der Waals surface area contributed by atoms with Crippen LogP contribution in [-0.4, -0.2) is 10.9 Å². The fourth-order valence-electron chi connectivity index (χ4n) is 1.49. The first-order valence-corrected chi connectivity index (χ1v) is 4.91. The third-order valence-electron chi connectivity index (χ3n) is 2.19. The van der Waals surface area contributed by atoms with Crippen molar-refractivity contribution < 1.29 is 4.79 Å². The van der Waals surface area contributed by atoms with Crippen LogP contribution in [0, 0.1) is 0 Å². The molecule has 0 fully saturated rings. The molecule has 1 atom stereocenters. The highest BCUT2D eigenvalue weighted by atomic mass is 35.5. The number of hydrogen-bond acceptors (Lipinski definition) is 2. The molecular weight excluding hydrogens is 212 g/mol. The lowest BCUT2D eigenvalue weighted by atomic mass is 10.1. The first kappa shape index (κ1) is 9.93. The van der Waals surface area contributed by atoms with E-state index in [-0.39, 0.29) is 0 Å². The molecular formula is C11H9ClN2O. The molecule has 0 saturated carbocycles. The van der Waals surface area contributed by atoms with Crippen LogP contribution in [0.25, 0.3) is 10.9 Å². The highest BCUT2D eigenvalue weighted by molar-refractivity contribution is 6.31. The summed E-state index contributed by atoms with van der Waals surface area (Å²) in [6.07, 6.45) is 1.66. The first-order valence-electron chi connectivity index (χ1n) is 4.47. The quantitative estimate of drug-likeness (QED) is 0.787. The molecule has 1 aromatic carbocycles. The van der Waals surface area contributed by atoms with Crippen molar-refractivity contribution in [2.45, 2.75) is 5.38 Å². The zero-order valence-corrected chi connectivity index (χ0v) is 8.61. The molecule has 2 aromatic rings. The number of nitrogens with two attached hydrogens (primary N) is 1. The molecule has 0 aliphatic carbocycles. The lowest BCUT2D eigenvalue weighted by Crippen LogP contribution is -2.17. The van der Waals surface area contributed by atoms with Gasteiger partial charge in [-0.05, 0) is 6.07 Å². The monoisotopic (exact) mass is 220 g/mol. The van der Waals surface area contributed by atoms with Crippen molar-refractivity contribution in [1.82, 2.24) is 4.98 Å². The van der Waals surface area contributed by atoms with E-state index in [1.807, 2.05) is 24.3 Å². The molecule has 1 heterocycles. The number of nitrogens with zero attached hydrogens (tertiary/aromatic N) is 1. The normalized spacial score (nSPS) is 12.6. The van der Waals surface area contributed by atoms with Crippen molar-refractivity contribution in [2.75, 3.05) is 0 Å². The molecule has 15 heavy (non-hydrogen) atoms. The molecule has 0 spiro atoms. The van der Waals surface area contributed by atoms with Crippen molar-refractivity contribution in [3.63, 3.8) is 0 Å². The molecule has 3 nitrogen and oxygen atoms in total. The van der Waals surface area contributed by atoms with Gasteiger partial charge in [-0.2, -0.15) is 0 Å². The average molecular weight is 221 g/mol. The Labute approximate surface area is 91.9 Å². The number of amides is 1. The minimum absolute atomic E-state index is 0.560. The van der Waals surface area contributed by atoms with Gasteiger partial charge in [0.05, 0.1) is 5.52 Å². The molecule has 76 valence electrons. The standard InChI is InChI=1S/C11H9ClN2O/c12-9(11(13)15)8-5-1-3-7-4-2-6-14-10(7)8/h1-6,9H,(H2,13,15). The fraction of sp³-hybridized carbons (Fsp3) is 0.0909. The smallest absolute Gasteiger partial charge is 0.240 e. The third-order valence-corrected chi connectivity index (χ3v) is 2.64. The Kier molecular flexibility index (Phi) is 2.56. The zero-order chi connectivity index (χ0) is 10.8. The second kappa shape index (κ2) is 3.87. The Morgan fingerprint density at radius 2 is 2.07 bits per heavy atom. The van der Waals surface area contributed by atoms with E-state index in [1.54, 1.807) is 12.3 Å². The summed E-state index contributed by atoms with van der Waals surface area (Å²) in [5.41, 5.74) is 6.54. The van der Waals surface area contributed by atoms with Crippen molar-refractivity contribution in [3.05, 3.63) is 42.1 Å². The van der Waals surface area contributed by atoms with Crippen LogP contribution in [0.15, 0.2) is 36.5 Å². The summed E-state index contributed by atoms with van der Waals surface area (Å²) in [5.74, 6) is -0.560. The van der Waals surface area contributed by atoms with E-state index in [0.717, 1.165) is 10.9 Å². The maximum absolute atomic E-state index is 11.0. The van der Waals surface area contributed by atoms with Gasteiger partial charge < -0.3 is 5.73 Å². The molecule has 0 bridgehead atoms. The SMILES string of the molecule is NC(=O)C(Cl)c1cccc2cccnc12. The number of rotatable bonds is 2.